The Hall–Kier alpha value is -2.10. The molecule has 1 heterocycles. The van der Waals surface area contributed by atoms with Crippen LogP contribution < -0.4 is 0 Å². The van der Waals surface area contributed by atoms with Gasteiger partial charge in [-0.25, -0.2) is 0 Å². The second-order valence-electron chi connectivity index (χ2n) is 5.62. The molecular formula is C19H28N2O2. The first kappa shape index (κ1) is 18.9. The average Bonchev–Trinajstić information content (AvgIpc) is 2.59. The molecular weight excluding hydrogens is 288 g/mol. The molecule has 1 N–H and O–H groups in total. The third-order valence-corrected chi connectivity index (χ3v) is 3.67. The Labute approximate surface area is 139 Å². The van der Waals surface area contributed by atoms with Crippen LogP contribution in [0.3, 0.4) is 0 Å². The summed E-state index contributed by atoms with van der Waals surface area (Å²) in [5.74, 6) is -0.204. The molecule has 0 aliphatic carbocycles. The Morgan fingerprint density at radius 1 is 1.13 bits per heavy atom. The van der Waals surface area contributed by atoms with Crippen molar-refractivity contribution in [1.82, 2.24) is 9.88 Å². The van der Waals surface area contributed by atoms with Crippen molar-refractivity contribution < 1.29 is 9.90 Å². The minimum absolute atomic E-state index is 0.0357. The number of phenolic OH excluding ortho intramolecular Hbond substituents is 1. The van der Waals surface area contributed by atoms with E-state index in [1.807, 2.05) is 12.1 Å². The van der Waals surface area contributed by atoms with Crippen LogP contribution in [0.1, 0.15) is 56.8 Å². The number of phenols is 1. The quantitative estimate of drug-likeness (QED) is 0.875. The van der Waals surface area contributed by atoms with E-state index < -0.39 is 0 Å². The van der Waals surface area contributed by atoms with Crippen LogP contribution in [0.15, 0.2) is 30.5 Å². The van der Waals surface area contributed by atoms with E-state index in [1.165, 1.54) is 12.8 Å². The van der Waals surface area contributed by atoms with E-state index in [0.717, 1.165) is 18.2 Å². The van der Waals surface area contributed by atoms with Crippen LogP contribution in [0, 0.1) is 0 Å². The van der Waals surface area contributed by atoms with E-state index in [0.29, 0.717) is 17.6 Å². The molecule has 23 heavy (non-hydrogen) atoms. The van der Waals surface area contributed by atoms with E-state index in [1.54, 1.807) is 30.3 Å². The number of pyridine rings is 1. The topological polar surface area (TPSA) is 53.4 Å². The van der Waals surface area contributed by atoms with Crippen molar-refractivity contribution in [3.8, 4) is 5.75 Å². The molecule has 1 aromatic heterocycles. The predicted molar refractivity (Wildman–Crippen MR) is 95.9 cm³/mol. The van der Waals surface area contributed by atoms with Gasteiger partial charge in [0.2, 0.25) is 0 Å². The minimum Gasteiger partial charge on any atom is -0.505 e. The Balaban J connectivity index is 0.000000593. The second-order valence-corrected chi connectivity index (χ2v) is 5.62. The maximum Gasteiger partial charge on any atom is 0.257 e. The van der Waals surface area contributed by atoms with Crippen LogP contribution in [0.2, 0.25) is 0 Å². The lowest BCUT2D eigenvalue weighted by Gasteiger charge is -2.17. The van der Waals surface area contributed by atoms with Crippen molar-refractivity contribution in [1.29, 1.82) is 0 Å². The molecule has 0 aliphatic heterocycles. The summed E-state index contributed by atoms with van der Waals surface area (Å²) in [5.41, 5.74) is 0.780. The van der Waals surface area contributed by atoms with Gasteiger partial charge in [-0.2, -0.15) is 0 Å². The molecule has 0 saturated heterocycles. The van der Waals surface area contributed by atoms with Gasteiger partial charge in [-0.3, -0.25) is 9.78 Å². The lowest BCUT2D eigenvalue weighted by atomic mass is 10.1. The predicted octanol–water partition coefficient (Wildman–Crippen LogP) is 4.62. The van der Waals surface area contributed by atoms with Gasteiger partial charge in [0.15, 0.2) is 5.75 Å². The van der Waals surface area contributed by atoms with Crippen molar-refractivity contribution in [2.24, 2.45) is 0 Å². The number of fused-ring (bicyclic) bond motifs is 1. The zero-order chi connectivity index (χ0) is 17.2. The van der Waals surface area contributed by atoms with Crippen molar-refractivity contribution in [2.75, 3.05) is 13.6 Å². The third kappa shape index (κ3) is 5.23. The number of amides is 1. The maximum atomic E-state index is 12.3. The monoisotopic (exact) mass is 316 g/mol. The molecule has 0 atom stereocenters. The lowest BCUT2D eigenvalue weighted by molar-refractivity contribution is 0.0790. The number of aromatic nitrogens is 1. The molecule has 4 nitrogen and oxygen atoms in total. The summed E-state index contributed by atoms with van der Waals surface area (Å²) < 4.78 is 0. The Morgan fingerprint density at radius 3 is 2.43 bits per heavy atom. The van der Waals surface area contributed by atoms with Gasteiger partial charge in [-0.1, -0.05) is 52.2 Å². The Kier molecular flexibility index (Phi) is 8.09. The maximum absolute atomic E-state index is 12.3. The average molecular weight is 316 g/mol. The first-order valence-electron chi connectivity index (χ1n) is 8.38. The highest BCUT2D eigenvalue weighted by Crippen LogP contribution is 2.27. The number of benzene rings is 1. The van der Waals surface area contributed by atoms with Gasteiger partial charge in [0.1, 0.15) is 5.52 Å². The van der Waals surface area contributed by atoms with Crippen LogP contribution in [-0.4, -0.2) is 34.5 Å². The molecule has 2 rings (SSSR count). The number of rotatable bonds is 5. The largest absolute Gasteiger partial charge is 0.505 e. The van der Waals surface area contributed by atoms with Gasteiger partial charge < -0.3 is 10.0 Å². The number of aromatic hydroxyl groups is 1. The first-order valence-corrected chi connectivity index (χ1v) is 8.38. The number of carbonyl (C=O) groups is 1. The highest BCUT2D eigenvalue weighted by Gasteiger charge is 2.17. The molecule has 1 amide bonds. The molecule has 0 fully saturated rings. The highest BCUT2D eigenvalue weighted by atomic mass is 16.3. The molecule has 0 unspecified atom stereocenters. The Morgan fingerprint density at radius 2 is 1.83 bits per heavy atom. The van der Waals surface area contributed by atoms with Crippen LogP contribution in [-0.2, 0) is 0 Å². The highest BCUT2D eigenvalue weighted by molar-refractivity contribution is 6.02. The number of unbranched alkanes of at least 4 members (excludes halogenated alkanes) is 2. The minimum atomic E-state index is -0.168. The van der Waals surface area contributed by atoms with Crippen LogP contribution >= 0.6 is 0 Å². The van der Waals surface area contributed by atoms with Crippen LogP contribution in [0.5, 0.6) is 5.75 Å². The van der Waals surface area contributed by atoms with Crippen LogP contribution in [0.25, 0.3) is 10.9 Å². The molecule has 0 bridgehead atoms. The number of nitrogens with zero attached hydrogens (tertiary/aromatic N) is 2. The molecule has 0 radical (unpaired) electrons. The molecule has 126 valence electrons. The van der Waals surface area contributed by atoms with Gasteiger partial charge in [0.05, 0.1) is 5.56 Å². The molecule has 0 spiro atoms. The summed E-state index contributed by atoms with van der Waals surface area (Å²) in [6, 6.07) is 7.13. The van der Waals surface area contributed by atoms with Gasteiger partial charge in [0.25, 0.3) is 5.91 Å². The van der Waals surface area contributed by atoms with Crippen LogP contribution in [0.4, 0.5) is 0 Å². The van der Waals surface area contributed by atoms with Gasteiger partial charge >= 0.3 is 0 Å². The zero-order valence-electron chi connectivity index (χ0n) is 14.7. The summed E-state index contributed by atoms with van der Waals surface area (Å²) in [6.07, 6.45) is 6.23. The molecule has 4 heteroatoms. The van der Waals surface area contributed by atoms with E-state index >= 15 is 0 Å². The number of hydrogen-bond acceptors (Lipinski definition) is 3. The molecule has 0 aliphatic rings. The van der Waals surface area contributed by atoms with Crippen molar-refractivity contribution >= 4 is 16.8 Å². The van der Waals surface area contributed by atoms with E-state index in [9.17, 15) is 9.90 Å². The fraction of sp³-hybridized carbons (Fsp3) is 0.474. The molecule has 0 saturated carbocycles. The first-order chi connectivity index (χ1) is 11.1. The SMILES string of the molecule is CCCC.CCCCN(C)C(=O)c1ccc2cccnc2c1O. The van der Waals surface area contributed by atoms with Crippen molar-refractivity contribution in [3.63, 3.8) is 0 Å². The van der Waals surface area contributed by atoms with E-state index in [4.69, 9.17) is 0 Å². The third-order valence-electron chi connectivity index (χ3n) is 3.67. The van der Waals surface area contributed by atoms with E-state index in [-0.39, 0.29) is 11.7 Å². The van der Waals surface area contributed by atoms with E-state index in [2.05, 4.69) is 25.8 Å². The summed E-state index contributed by atoms with van der Waals surface area (Å²) >= 11 is 0. The van der Waals surface area contributed by atoms with Crippen molar-refractivity contribution in [3.05, 3.63) is 36.0 Å². The van der Waals surface area contributed by atoms with Gasteiger partial charge in [-0.15, -0.1) is 0 Å². The number of carbonyl (C=O) groups excluding carboxylic acids is 1. The summed E-state index contributed by atoms with van der Waals surface area (Å²) in [7, 11) is 1.75. The molecule has 1 aromatic carbocycles. The Bertz CT molecular complexity index is 624. The second kappa shape index (κ2) is 9.82. The van der Waals surface area contributed by atoms with Gasteiger partial charge in [-0.05, 0) is 18.6 Å². The fourth-order valence-electron chi connectivity index (χ4n) is 2.00. The number of hydrogen-bond donors (Lipinski definition) is 1. The summed E-state index contributed by atoms with van der Waals surface area (Å²) in [5, 5.41) is 11.0. The van der Waals surface area contributed by atoms with Crippen molar-refractivity contribution in [2.45, 2.75) is 46.5 Å². The summed E-state index contributed by atoms with van der Waals surface area (Å²) in [6.45, 7) is 7.13. The fourth-order valence-corrected chi connectivity index (χ4v) is 2.00. The smallest absolute Gasteiger partial charge is 0.257 e. The van der Waals surface area contributed by atoms with Gasteiger partial charge in [0, 0.05) is 25.2 Å². The molecule has 2 aromatic rings. The zero-order valence-corrected chi connectivity index (χ0v) is 14.7. The normalized spacial score (nSPS) is 10.1. The summed E-state index contributed by atoms with van der Waals surface area (Å²) in [4.78, 5) is 18.0. The standard InChI is InChI=1S/C15H18N2O2.C4H10/c1-3-4-10-17(2)15(19)12-8-7-11-6-5-9-16-13(11)14(12)18;1-3-4-2/h5-9,18H,3-4,10H2,1-2H3;3-4H2,1-2H3. The lowest BCUT2D eigenvalue weighted by Crippen LogP contribution is -2.27.